The van der Waals surface area contributed by atoms with Gasteiger partial charge in [0.05, 0.1) is 11.1 Å². The van der Waals surface area contributed by atoms with Crippen molar-refractivity contribution < 1.29 is 18.0 Å². The van der Waals surface area contributed by atoms with Gasteiger partial charge >= 0.3 is 0 Å². The largest absolute Gasteiger partial charge is 0.360 e. The maximum atomic E-state index is 13.9. The van der Waals surface area contributed by atoms with Crippen LogP contribution in [0, 0.1) is 17.5 Å². The Bertz CT molecular complexity index is 1260. The summed E-state index contributed by atoms with van der Waals surface area (Å²) in [6, 6.07) is 7.03. The number of aromatic nitrogens is 1. The summed E-state index contributed by atoms with van der Waals surface area (Å²) in [5.41, 5.74) is 3.17. The van der Waals surface area contributed by atoms with Crippen LogP contribution in [0.1, 0.15) is 31.4 Å². The van der Waals surface area contributed by atoms with E-state index < -0.39 is 17.0 Å². The fraction of sp³-hybridized carbons (Fsp3) is 0.320. The first kappa shape index (κ1) is 20.8. The summed E-state index contributed by atoms with van der Waals surface area (Å²) < 4.78 is 41.1. The van der Waals surface area contributed by atoms with E-state index in [2.05, 4.69) is 16.0 Å². The van der Waals surface area contributed by atoms with Crippen LogP contribution in [0.2, 0.25) is 0 Å². The number of nitrogens with zero attached hydrogens (tertiary/aromatic N) is 2. The molecular weight excluding hydrogens is 415 g/mol. The first-order chi connectivity index (χ1) is 15.3. The Hall–Kier alpha value is -3.06. The Morgan fingerprint density at radius 3 is 2.59 bits per heavy atom. The van der Waals surface area contributed by atoms with Crippen molar-refractivity contribution in [3.05, 3.63) is 71.2 Å². The second kappa shape index (κ2) is 7.52. The van der Waals surface area contributed by atoms with Crippen molar-refractivity contribution in [1.82, 2.24) is 9.88 Å². The summed E-state index contributed by atoms with van der Waals surface area (Å²) in [6.45, 7) is 6.07. The molecule has 0 spiro atoms. The number of benzene rings is 2. The molecule has 32 heavy (non-hydrogen) atoms. The molecule has 2 aliphatic rings. The maximum Gasteiger partial charge on any atom is 0.237 e. The monoisotopic (exact) mass is 439 g/mol. The van der Waals surface area contributed by atoms with Gasteiger partial charge in [-0.1, -0.05) is 6.08 Å². The SMILES string of the molecule is CC1(C)C(=O)N(CCN2CC=C(c3c[nH]c4cc(F)ccc34)CC2)c2cc(F)c(F)cc21. The lowest BCUT2D eigenvalue weighted by atomic mass is 9.86. The highest BCUT2D eigenvalue weighted by atomic mass is 19.2. The molecule has 1 aromatic heterocycles. The predicted octanol–water partition coefficient (Wildman–Crippen LogP) is 5.00. The number of anilines is 1. The lowest BCUT2D eigenvalue weighted by Crippen LogP contribution is -2.42. The van der Waals surface area contributed by atoms with Gasteiger partial charge in [-0.05, 0) is 55.7 Å². The van der Waals surface area contributed by atoms with Crippen LogP contribution in [-0.4, -0.2) is 42.0 Å². The smallest absolute Gasteiger partial charge is 0.237 e. The summed E-state index contributed by atoms with van der Waals surface area (Å²) in [6.07, 6.45) is 4.91. The van der Waals surface area contributed by atoms with Crippen molar-refractivity contribution in [3.8, 4) is 0 Å². The van der Waals surface area contributed by atoms with E-state index in [0.29, 0.717) is 24.3 Å². The molecule has 0 aliphatic carbocycles. The van der Waals surface area contributed by atoms with Crippen molar-refractivity contribution in [2.24, 2.45) is 0 Å². The third-order valence-electron chi connectivity index (χ3n) is 6.71. The fourth-order valence-corrected chi connectivity index (χ4v) is 4.81. The zero-order chi connectivity index (χ0) is 22.6. The fourth-order valence-electron chi connectivity index (χ4n) is 4.81. The van der Waals surface area contributed by atoms with Gasteiger partial charge < -0.3 is 9.88 Å². The van der Waals surface area contributed by atoms with Crippen LogP contribution in [0.5, 0.6) is 0 Å². The molecule has 0 fully saturated rings. The Morgan fingerprint density at radius 1 is 1.06 bits per heavy atom. The molecule has 1 N–H and O–H groups in total. The van der Waals surface area contributed by atoms with Crippen LogP contribution in [0.3, 0.4) is 0 Å². The van der Waals surface area contributed by atoms with Gasteiger partial charge in [-0.15, -0.1) is 0 Å². The number of hydrogen-bond acceptors (Lipinski definition) is 2. The van der Waals surface area contributed by atoms with Gasteiger partial charge in [0.25, 0.3) is 0 Å². The third-order valence-corrected chi connectivity index (χ3v) is 6.71. The maximum absolute atomic E-state index is 13.9. The van der Waals surface area contributed by atoms with Crippen molar-refractivity contribution >= 4 is 28.1 Å². The summed E-state index contributed by atoms with van der Waals surface area (Å²) in [5.74, 6) is -2.28. The minimum absolute atomic E-state index is 0.142. The highest BCUT2D eigenvalue weighted by Gasteiger charge is 2.44. The van der Waals surface area contributed by atoms with E-state index in [1.54, 1.807) is 24.8 Å². The average Bonchev–Trinajstić information content (AvgIpc) is 3.25. The molecule has 1 amide bonds. The number of aromatic amines is 1. The number of carbonyl (C=O) groups is 1. The molecule has 2 aromatic carbocycles. The summed E-state index contributed by atoms with van der Waals surface area (Å²) in [7, 11) is 0. The molecule has 4 nitrogen and oxygen atoms in total. The van der Waals surface area contributed by atoms with Crippen LogP contribution in [0.15, 0.2) is 42.6 Å². The quantitative estimate of drug-likeness (QED) is 0.622. The number of H-pyrrole nitrogens is 1. The van der Waals surface area contributed by atoms with Crippen LogP contribution in [-0.2, 0) is 10.2 Å². The second-order valence-corrected chi connectivity index (χ2v) is 9.04. The number of nitrogens with one attached hydrogen (secondary N) is 1. The van der Waals surface area contributed by atoms with Gasteiger partial charge in [-0.25, -0.2) is 13.2 Å². The van der Waals surface area contributed by atoms with E-state index in [-0.39, 0.29) is 11.7 Å². The predicted molar refractivity (Wildman–Crippen MR) is 119 cm³/mol. The molecule has 0 saturated heterocycles. The van der Waals surface area contributed by atoms with Gasteiger partial charge in [-0.2, -0.15) is 0 Å². The number of fused-ring (bicyclic) bond motifs is 2. The van der Waals surface area contributed by atoms with Gasteiger partial charge in [0.15, 0.2) is 11.6 Å². The van der Waals surface area contributed by atoms with E-state index >= 15 is 0 Å². The molecule has 2 aliphatic heterocycles. The molecule has 0 atom stereocenters. The molecule has 0 unspecified atom stereocenters. The third kappa shape index (κ3) is 3.32. The molecule has 166 valence electrons. The lowest BCUT2D eigenvalue weighted by Gasteiger charge is -2.29. The number of rotatable bonds is 4. The van der Waals surface area contributed by atoms with Crippen LogP contribution in [0.4, 0.5) is 18.9 Å². The number of halogens is 3. The lowest BCUT2D eigenvalue weighted by molar-refractivity contribution is -0.122. The van der Waals surface area contributed by atoms with Crippen molar-refractivity contribution in [2.45, 2.75) is 25.7 Å². The number of amides is 1. The number of carbonyl (C=O) groups excluding carboxylic acids is 1. The normalized spacial score (nSPS) is 18.3. The van der Waals surface area contributed by atoms with Crippen molar-refractivity contribution in [2.75, 3.05) is 31.1 Å². The molecular formula is C25H24F3N3O. The highest BCUT2D eigenvalue weighted by Crippen LogP contribution is 2.42. The molecule has 0 saturated carbocycles. The summed E-state index contributed by atoms with van der Waals surface area (Å²) >= 11 is 0. The molecule has 7 heteroatoms. The zero-order valence-corrected chi connectivity index (χ0v) is 18.0. The summed E-state index contributed by atoms with van der Waals surface area (Å²) in [5, 5.41) is 1.00. The number of hydrogen-bond donors (Lipinski definition) is 1. The molecule has 0 bridgehead atoms. The first-order valence-electron chi connectivity index (χ1n) is 10.8. The summed E-state index contributed by atoms with van der Waals surface area (Å²) in [4.78, 5) is 19.9. The minimum atomic E-state index is -0.941. The second-order valence-electron chi connectivity index (χ2n) is 9.04. The highest BCUT2D eigenvalue weighted by molar-refractivity contribution is 6.07. The van der Waals surface area contributed by atoms with E-state index in [1.165, 1.54) is 17.7 Å². The topological polar surface area (TPSA) is 39.3 Å². The van der Waals surface area contributed by atoms with Crippen LogP contribution < -0.4 is 4.90 Å². The van der Waals surface area contributed by atoms with Gasteiger partial charge in [-0.3, -0.25) is 9.69 Å². The Kier molecular flexibility index (Phi) is 4.89. The molecule has 3 aromatic rings. The van der Waals surface area contributed by atoms with Crippen molar-refractivity contribution in [1.29, 1.82) is 0 Å². The Labute approximate surface area is 184 Å². The van der Waals surface area contributed by atoms with E-state index in [0.717, 1.165) is 48.1 Å². The molecule has 5 rings (SSSR count). The van der Waals surface area contributed by atoms with Gasteiger partial charge in [0, 0.05) is 54.9 Å². The Morgan fingerprint density at radius 2 is 1.84 bits per heavy atom. The first-order valence-corrected chi connectivity index (χ1v) is 10.8. The van der Waals surface area contributed by atoms with Crippen molar-refractivity contribution in [3.63, 3.8) is 0 Å². The van der Waals surface area contributed by atoms with E-state index in [9.17, 15) is 18.0 Å². The van der Waals surface area contributed by atoms with Crippen LogP contribution in [0.25, 0.3) is 16.5 Å². The molecule has 3 heterocycles. The van der Waals surface area contributed by atoms with E-state index in [4.69, 9.17) is 0 Å². The van der Waals surface area contributed by atoms with Crippen LogP contribution >= 0.6 is 0 Å². The molecule has 0 radical (unpaired) electrons. The standard InChI is InChI=1S/C25H24F3N3O/c1-25(2)19-12-20(27)21(28)13-23(19)31(24(25)32)10-9-30-7-5-15(6-8-30)18-14-29-22-11-16(26)3-4-17(18)22/h3-5,11-14,29H,6-10H2,1-2H3. The Balaban J connectivity index is 1.30. The minimum Gasteiger partial charge on any atom is -0.360 e. The van der Waals surface area contributed by atoms with E-state index in [1.807, 2.05) is 6.20 Å². The average molecular weight is 439 g/mol. The zero-order valence-electron chi connectivity index (χ0n) is 18.0. The van der Waals surface area contributed by atoms with Gasteiger partial charge in [0.2, 0.25) is 5.91 Å². The van der Waals surface area contributed by atoms with Gasteiger partial charge in [0.1, 0.15) is 5.82 Å².